The fourth-order valence-corrected chi connectivity index (χ4v) is 3.81. The minimum absolute atomic E-state index is 0.431. The lowest BCUT2D eigenvalue weighted by molar-refractivity contribution is 0.135. The summed E-state index contributed by atoms with van der Waals surface area (Å²) >= 11 is 0. The molecule has 1 saturated carbocycles. The molecular weight excluding hydrogens is 220 g/mol. The second-order valence-corrected chi connectivity index (χ2v) is 6.94. The largest absolute Gasteiger partial charge is 0.326 e. The highest BCUT2D eigenvalue weighted by Gasteiger charge is 2.26. The summed E-state index contributed by atoms with van der Waals surface area (Å²) in [6.07, 6.45) is 9.78. The van der Waals surface area contributed by atoms with Crippen LogP contribution in [0.4, 0.5) is 0 Å². The first kappa shape index (κ1) is 14.3. The highest BCUT2D eigenvalue weighted by Crippen LogP contribution is 2.28. The van der Waals surface area contributed by atoms with Gasteiger partial charge in [0.25, 0.3) is 0 Å². The van der Waals surface area contributed by atoms with Gasteiger partial charge in [0.1, 0.15) is 0 Å². The summed E-state index contributed by atoms with van der Waals surface area (Å²) in [5, 5.41) is 0. The van der Waals surface area contributed by atoms with Crippen LogP contribution >= 0.6 is 0 Å². The summed E-state index contributed by atoms with van der Waals surface area (Å²) in [7, 11) is 0. The van der Waals surface area contributed by atoms with Gasteiger partial charge in [-0.1, -0.05) is 33.1 Å². The lowest BCUT2D eigenvalue weighted by atomic mass is 9.83. The highest BCUT2D eigenvalue weighted by molar-refractivity contribution is 4.82. The minimum Gasteiger partial charge on any atom is -0.326 e. The van der Waals surface area contributed by atoms with Crippen LogP contribution in [0.2, 0.25) is 0 Å². The summed E-state index contributed by atoms with van der Waals surface area (Å²) in [4.78, 5) is 2.62. The molecule has 1 unspecified atom stereocenters. The van der Waals surface area contributed by atoms with Crippen LogP contribution in [0.1, 0.15) is 58.8 Å². The third kappa shape index (κ3) is 3.96. The van der Waals surface area contributed by atoms with E-state index in [4.69, 9.17) is 5.73 Å². The molecule has 0 aromatic carbocycles. The van der Waals surface area contributed by atoms with Crippen molar-refractivity contribution >= 4 is 0 Å². The average Bonchev–Trinajstić information content (AvgIpc) is 2.40. The maximum absolute atomic E-state index is 6.43. The maximum Gasteiger partial charge on any atom is 0.0196 e. The third-order valence-electron chi connectivity index (χ3n) is 5.30. The molecular formula is C16H32N2. The lowest BCUT2D eigenvalue weighted by Crippen LogP contribution is -2.46. The molecule has 106 valence electrons. The van der Waals surface area contributed by atoms with Gasteiger partial charge in [-0.2, -0.15) is 0 Å². The Morgan fingerprint density at radius 1 is 0.944 bits per heavy atom. The SMILES string of the molecule is CC(C)C1CCN(CC(N)C2CCCCC2)CC1. The molecule has 2 fully saturated rings. The van der Waals surface area contributed by atoms with Crippen LogP contribution in [-0.4, -0.2) is 30.6 Å². The van der Waals surface area contributed by atoms with Crippen molar-refractivity contribution in [1.82, 2.24) is 4.90 Å². The van der Waals surface area contributed by atoms with Crippen molar-refractivity contribution in [2.24, 2.45) is 23.5 Å². The molecule has 2 aliphatic rings. The van der Waals surface area contributed by atoms with E-state index >= 15 is 0 Å². The minimum atomic E-state index is 0.431. The monoisotopic (exact) mass is 252 g/mol. The van der Waals surface area contributed by atoms with Crippen molar-refractivity contribution in [3.8, 4) is 0 Å². The van der Waals surface area contributed by atoms with Gasteiger partial charge in [0.05, 0.1) is 0 Å². The molecule has 2 rings (SSSR count). The number of rotatable bonds is 4. The summed E-state index contributed by atoms with van der Waals surface area (Å²) in [6, 6.07) is 0.431. The predicted molar refractivity (Wildman–Crippen MR) is 78.6 cm³/mol. The van der Waals surface area contributed by atoms with E-state index in [1.54, 1.807) is 0 Å². The molecule has 1 aliphatic heterocycles. The Hall–Kier alpha value is -0.0800. The molecule has 18 heavy (non-hydrogen) atoms. The second kappa shape index (κ2) is 6.91. The molecule has 2 N–H and O–H groups in total. The van der Waals surface area contributed by atoms with Crippen LogP contribution in [0.25, 0.3) is 0 Å². The number of nitrogens with two attached hydrogens (primary N) is 1. The van der Waals surface area contributed by atoms with Gasteiger partial charge in [-0.15, -0.1) is 0 Å². The molecule has 1 aliphatic carbocycles. The molecule has 0 spiro atoms. The summed E-state index contributed by atoms with van der Waals surface area (Å²) in [6.45, 7) is 8.45. The average molecular weight is 252 g/mol. The molecule has 0 radical (unpaired) electrons. The van der Waals surface area contributed by atoms with E-state index in [0.29, 0.717) is 6.04 Å². The van der Waals surface area contributed by atoms with Gasteiger partial charge in [-0.05, 0) is 56.5 Å². The second-order valence-electron chi connectivity index (χ2n) is 6.94. The van der Waals surface area contributed by atoms with Crippen LogP contribution in [0, 0.1) is 17.8 Å². The van der Waals surface area contributed by atoms with Gasteiger partial charge in [-0.25, -0.2) is 0 Å². The summed E-state index contributed by atoms with van der Waals surface area (Å²) in [5.74, 6) is 2.62. The van der Waals surface area contributed by atoms with Gasteiger partial charge in [0, 0.05) is 12.6 Å². The van der Waals surface area contributed by atoms with Crippen molar-refractivity contribution in [2.45, 2.75) is 64.8 Å². The number of likely N-dealkylation sites (tertiary alicyclic amines) is 1. The quantitative estimate of drug-likeness (QED) is 0.832. The fraction of sp³-hybridized carbons (Fsp3) is 1.00. The van der Waals surface area contributed by atoms with E-state index in [1.165, 1.54) is 58.0 Å². The number of piperidine rings is 1. The Morgan fingerprint density at radius 3 is 2.11 bits per heavy atom. The van der Waals surface area contributed by atoms with Gasteiger partial charge in [0.2, 0.25) is 0 Å². The smallest absolute Gasteiger partial charge is 0.0196 e. The van der Waals surface area contributed by atoms with E-state index < -0.39 is 0 Å². The molecule has 2 heteroatoms. The molecule has 1 saturated heterocycles. The Bertz CT molecular complexity index is 225. The van der Waals surface area contributed by atoms with E-state index in [9.17, 15) is 0 Å². The normalized spacial score (nSPS) is 26.7. The van der Waals surface area contributed by atoms with E-state index in [0.717, 1.165) is 24.3 Å². The molecule has 2 nitrogen and oxygen atoms in total. The Balaban J connectivity index is 1.70. The van der Waals surface area contributed by atoms with E-state index in [1.807, 2.05) is 0 Å². The first-order valence-electron chi connectivity index (χ1n) is 8.14. The number of nitrogens with zero attached hydrogens (tertiary/aromatic N) is 1. The van der Waals surface area contributed by atoms with Crippen LogP contribution in [0.5, 0.6) is 0 Å². The predicted octanol–water partition coefficient (Wildman–Crippen LogP) is 3.26. The standard InChI is InChI=1S/C16H32N2/c1-13(2)14-8-10-18(11-9-14)12-16(17)15-6-4-3-5-7-15/h13-16H,3-12,17H2,1-2H3. The van der Waals surface area contributed by atoms with Crippen molar-refractivity contribution in [1.29, 1.82) is 0 Å². The van der Waals surface area contributed by atoms with Crippen LogP contribution in [-0.2, 0) is 0 Å². The lowest BCUT2D eigenvalue weighted by Gasteiger charge is -2.37. The molecule has 1 atom stereocenters. The zero-order chi connectivity index (χ0) is 13.0. The Morgan fingerprint density at radius 2 is 1.56 bits per heavy atom. The molecule has 1 heterocycles. The zero-order valence-electron chi connectivity index (χ0n) is 12.4. The molecule has 0 aromatic rings. The van der Waals surface area contributed by atoms with Crippen molar-refractivity contribution in [3.05, 3.63) is 0 Å². The van der Waals surface area contributed by atoms with Gasteiger partial charge < -0.3 is 10.6 Å². The van der Waals surface area contributed by atoms with Crippen molar-refractivity contribution < 1.29 is 0 Å². The third-order valence-corrected chi connectivity index (χ3v) is 5.30. The van der Waals surface area contributed by atoms with Crippen LogP contribution in [0.3, 0.4) is 0 Å². The first-order chi connectivity index (χ1) is 8.66. The topological polar surface area (TPSA) is 29.3 Å². The Kier molecular flexibility index (Phi) is 5.50. The number of hydrogen-bond acceptors (Lipinski definition) is 2. The van der Waals surface area contributed by atoms with Gasteiger partial charge in [0.15, 0.2) is 0 Å². The fourth-order valence-electron chi connectivity index (χ4n) is 3.81. The van der Waals surface area contributed by atoms with E-state index in [-0.39, 0.29) is 0 Å². The highest BCUT2D eigenvalue weighted by atomic mass is 15.1. The summed E-state index contributed by atoms with van der Waals surface area (Å²) < 4.78 is 0. The van der Waals surface area contributed by atoms with Crippen LogP contribution < -0.4 is 5.73 Å². The first-order valence-corrected chi connectivity index (χ1v) is 8.14. The Labute approximate surface area is 113 Å². The van der Waals surface area contributed by atoms with Gasteiger partial charge in [-0.3, -0.25) is 0 Å². The van der Waals surface area contributed by atoms with Gasteiger partial charge >= 0.3 is 0 Å². The zero-order valence-corrected chi connectivity index (χ0v) is 12.4. The maximum atomic E-state index is 6.43. The summed E-state index contributed by atoms with van der Waals surface area (Å²) in [5.41, 5.74) is 6.43. The van der Waals surface area contributed by atoms with Crippen LogP contribution in [0.15, 0.2) is 0 Å². The van der Waals surface area contributed by atoms with Crippen molar-refractivity contribution in [3.63, 3.8) is 0 Å². The number of hydrogen-bond donors (Lipinski definition) is 1. The van der Waals surface area contributed by atoms with Crippen molar-refractivity contribution in [2.75, 3.05) is 19.6 Å². The van der Waals surface area contributed by atoms with E-state index in [2.05, 4.69) is 18.7 Å². The molecule has 0 bridgehead atoms. The molecule has 0 aromatic heterocycles. The molecule has 0 amide bonds.